The van der Waals surface area contributed by atoms with E-state index in [-0.39, 0.29) is 6.42 Å². The van der Waals surface area contributed by atoms with Gasteiger partial charge in [-0.3, -0.25) is 4.79 Å². The van der Waals surface area contributed by atoms with Crippen molar-refractivity contribution in [3.05, 3.63) is 76.1 Å². The molecule has 1 atom stereocenters. The van der Waals surface area contributed by atoms with Crippen molar-refractivity contribution in [1.29, 1.82) is 0 Å². The zero-order chi connectivity index (χ0) is 22.6. The molecule has 2 amide bonds. The lowest BCUT2D eigenvalue weighted by atomic mass is 10.1. The molecule has 0 radical (unpaired) electrons. The van der Waals surface area contributed by atoms with Crippen LogP contribution in [0.25, 0.3) is 11.0 Å². The molecular formula is C24H26N2O5. The van der Waals surface area contributed by atoms with E-state index in [0.717, 1.165) is 16.5 Å². The molecule has 0 saturated heterocycles. The fourth-order valence-electron chi connectivity index (χ4n) is 3.14. The highest BCUT2D eigenvalue weighted by Gasteiger charge is 2.25. The number of benzene rings is 2. The van der Waals surface area contributed by atoms with Crippen molar-refractivity contribution >= 4 is 28.7 Å². The second kappa shape index (κ2) is 9.04. The first-order valence-electron chi connectivity index (χ1n) is 9.99. The van der Waals surface area contributed by atoms with E-state index in [2.05, 4.69) is 10.6 Å². The van der Waals surface area contributed by atoms with Crippen molar-refractivity contribution in [1.82, 2.24) is 5.32 Å². The minimum absolute atomic E-state index is 0.285. The number of hydrogen-bond donors (Lipinski definition) is 2. The SMILES string of the molecule is Cc1cc(=O)oc2cc(NC(=O)[C@H](Cc3ccccc3)NC(=O)OC(C)(C)C)ccc12. The standard InChI is InChI=1S/C24H26N2O5/c1-15-12-21(27)30-20-14-17(10-11-18(15)20)25-22(28)19(13-16-8-6-5-7-9-16)26-23(29)31-24(2,3)4/h5-12,14,19H,13H2,1-4H3,(H,25,28)(H,26,29)/t19-/m0/s1. The van der Waals surface area contributed by atoms with Gasteiger partial charge >= 0.3 is 11.7 Å². The number of nitrogens with one attached hydrogen (secondary N) is 2. The zero-order valence-corrected chi connectivity index (χ0v) is 18.0. The fraction of sp³-hybridized carbons (Fsp3) is 0.292. The molecule has 162 valence electrons. The van der Waals surface area contributed by atoms with Crippen LogP contribution in [0.2, 0.25) is 0 Å². The Labute approximate surface area is 180 Å². The molecule has 0 spiro atoms. The Morgan fingerprint density at radius 1 is 1.06 bits per heavy atom. The lowest BCUT2D eigenvalue weighted by Crippen LogP contribution is -2.47. The van der Waals surface area contributed by atoms with E-state index in [4.69, 9.17) is 9.15 Å². The summed E-state index contributed by atoms with van der Waals surface area (Å²) in [4.78, 5) is 37.0. The molecule has 7 heteroatoms. The van der Waals surface area contributed by atoms with E-state index < -0.39 is 29.3 Å². The molecule has 2 aromatic carbocycles. The molecule has 0 fully saturated rings. The number of hydrogen-bond acceptors (Lipinski definition) is 5. The highest BCUT2D eigenvalue weighted by Crippen LogP contribution is 2.21. The number of rotatable bonds is 5. The first-order valence-corrected chi connectivity index (χ1v) is 9.99. The molecule has 3 aromatic rings. The molecule has 0 saturated carbocycles. The quantitative estimate of drug-likeness (QED) is 0.601. The van der Waals surface area contributed by atoms with Gasteiger partial charge in [0.25, 0.3) is 0 Å². The molecule has 7 nitrogen and oxygen atoms in total. The summed E-state index contributed by atoms with van der Waals surface area (Å²) in [6.45, 7) is 7.08. The number of alkyl carbamates (subject to hydrolysis) is 1. The molecule has 0 unspecified atom stereocenters. The van der Waals surface area contributed by atoms with Gasteiger partial charge < -0.3 is 19.8 Å². The van der Waals surface area contributed by atoms with Gasteiger partial charge in [-0.25, -0.2) is 9.59 Å². The Balaban J connectivity index is 1.82. The molecule has 0 aliphatic carbocycles. The van der Waals surface area contributed by atoms with Crippen LogP contribution in [0, 0.1) is 6.92 Å². The van der Waals surface area contributed by atoms with Gasteiger partial charge in [0.1, 0.15) is 17.2 Å². The van der Waals surface area contributed by atoms with Crippen LogP contribution in [0.1, 0.15) is 31.9 Å². The van der Waals surface area contributed by atoms with Gasteiger partial charge in [-0.05, 0) is 51.0 Å². The van der Waals surface area contributed by atoms with Crippen LogP contribution < -0.4 is 16.3 Å². The van der Waals surface area contributed by atoms with Crippen LogP contribution >= 0.6 is 0 Å². The van der Waals surface area contributed by atoms with E-state index in [9.17, 15) is 14.4 Å². The second-order valence-electron chi connectivity index (χ2n) is 8.34. The highest BCUT2D eigenvalue weighted by molar-refractivity contribution is 5.98. The van der Waals surface area contributed by atoms with Crippen molar-refractivity contribution in [2.75, 3.05) is 5.32 Å². The molecule has 3 rings (SSSR count). The molecule has 0 aliphatic heterocycles. The van der Waals surface area contributed by atoms with Crippen molar-refractivity contribution < 1.29 is 18.7 Å². The van der Waals surface area contributed by atoms with Crippen LogP contribution in [-0.4, -0.2) is 23.6 Å². The summed E-state index contributed by atoms with van der Waals surface area (Å²) in [7, 11) is 0. The largest absolute Gasteiger partial charge is 0.444 e. The molecule has 0 bridgehead atoms. The number of amides is 2. The van der Waals surface area contributed by atoms with Crippen molar-refractivity contribution in [2.45, 2.75) is 45.8 Å². The average molecular weight is 422 g/mol. The normalized spacial score (nSPS) is 12.3. The summed E-state index contributed by atoms with van der Waals surface area (Å²) in [5.41, 5.74) is 1.36. The van der Waals surface area contributed by atoms with E-state index >= 15 is 0 Å². The molecule has 1 heterocycles. The highest BCUT2D eigenvalue weighted by atomic mass is 16.6. The number of ether oxygens (including phenoxy) is 1. The number of carbonyl (C=O) groups is 2. The van der Waals surface area contributed by atoms with Gasteiger partial charge in [0, 0.05) is 29.6 Å². The Morgan fingerprint density at radius 3 is 2.45 bits per heavy atom. The Morgan fingerprint density at radius 2 is 1.77 bits per heavy atom. The zero-order valence-electron chi connectivity index (χ0n) is 18.0. The van der Waals surface area contributed by atoms with E-state index in [1.807, 2.05) is 37.3 Å². The molecule has 2 N–H and O–H groups in total. The number of anilines is 1. The van der Waals surface area contributed by atoms with Crippen LogP contribution in [0.4, 0.5) is 10.5 Å². The number of aryl methyl sites for hydroxylation is 1. The van der Waals surface area contributed by atoms with Crippen molar-refractivity contribution in [3.8, 4) is 0 Å². The topological polar surface area (TPSA) is 97.6 Å². The third kappa shape index (κ3) is 6.18. The lowest BCUT2D eigenvalue weighted by molar-refractivity contribution is -0.118. The van der Waals surface area contributed by atoms with Crippen LogP contribution in [0.3, 0.4) is 0 Å². The Kier molecular flexibility index (Phi) is 6.44. The molecular weight excluding hydrogens is 396 g/mol. The van der Waals surface area contributed by atoms with E-state index in [1.54, 1.807) is 39.0 Å². The number of carbonyl (C=O) groups excluding carboxylic acids is 2. The van der Waals surface area contributed by atoms with E-state index in [1.165, 1.54) is 6.07 Å². The second-order valence-corrected chi connectivity index (χ2v) is 8.34. The fourth-order valence-corrected chi connectivity index (χ4v) is 3.14. The molecule has 31 heavy (non-hydrogen) atoms. The van der Waals surface area contributed by atoms with Gasteiger partial charge in [-0.15, -0.1) is 0 Å². The van der Waals surface area contributed by atoms with Gasteiger partial charge in [-0.2, -0.15) is 0 Å². The van der Waals surface area contributed by atoms with Gasteiger partial charge in [0.05, 0.1) is 0 Å². The summed E-state index contributed by atoms with van der Waals surface area (Å²) in [6, 6.07) is 15.0. The maximum absolute atomic E-state index is 13.0. The third-order valence-electron chi connectivity index (χ3n) is 4.51. The van der Waals surface area contributed by atoms with Gasteiger partial charge in [0.2, 0.25) is 5.91 Å². The van der Waals surface area contributed by atoms with Crippen molar-refractivity contribution in [3.63, 3.8) is 0 Å². The van der Waals surface area contributed by atoms with Crippen molar-refractivity contribution in [2.24, 2.45) is 0 Å². The smallest absolute Gasteiger partial charge is 0.408 e. The molecule has 1 aromatic heterocycles. The third-order valence-corrected chi connectivity index (χ3v) is 4.51. The van der Waals surface area contributed by atoms with E-state index in [0.29, 0.717) is 11.3 Å². The minimum Gasteiger partial charge on any atom is -0.444 e. The summed E-state index contributed by atoms with van der Waals surface area (Å²) in [5.74, 6) is -0.413. The van der Waals surface area contributed by atoms with Gasteiger partial charge in [0.15, 0.2) is 0 Å². The summed E-state index contributed by atoms with van der Waals surface area (Å²) < 4.78 is 10.6. The number of fused-ring (bicyclic) bond motifs is 1. The first-order chi connectivity index (χ1) is 14.6. The monoisotopic (exact) mass is 422 g/mol. The first kappa shape index (κ1) is 22.1. The van der Waals surface area contributed by atoms with Crippen LogP contribution in [-0.2, 0) is 16.0 Å². The van der Waals surface area contributed by atoms with Crippen LogP contribution in [0.15, 0.2) is 63.8 Å². The maximum Gasteiger partial charge on any atom is 0.408 e. The Hall–Kier alpha value is -3.61. The maximum atomic E-state index is 13.0. The summed E-state index contributed by atoms with van der Waals surface area (Å²) >= 11 is 0. The predicted octanol–water partition coefficient (Wildman–Crippen LogP) is 4.18. The Bertz CT molecular complexity index is 1150. The molecule has 0 aliphatic rings. The van der Waals surface area contributed by atoms with Crippen LogP contribution in [0.5, 0.6) is 0 Å². The summed E-state index contributed by atoms with van der Waals surface area (Å²) in [5, 5.41) is 6.22. The average Bonchev–Trinajstić information content (AvgIpc) is 2.66. The lowest BCUT2D eigenvalue weighted by Gasteiger charge is -2.23. The minimum atomic E-state index is -0.863. The van der Waals surface area contributed by atoms with Gasteiger partial charge in [-0.1, -0.05) is 30.3 Å². The summed E-state index contributed by atoms with van der Waals surface area (Å²) in [6.07, 6.45) is -0.392. The predicted molar refractivity (Wildman–Crippen MR) is 119 cm³/mol.